The van der Waals surface area contributed by atoms with Crippen LogP contribution in [0.4, 0.5) is 0 Å². The summed E-state index contributed by atoms with van der Waals surface area (Å²) in [6, 6.07) is 1.31. The zero-order valence-electron chi connectivity index (χ0n) is 11.7. The van der Waals surface area contributed by atoms with Crippen LogP contribution >= 0.6 is 0 Å². The maximum absolute atomic E-state index is 11.4. The van der Waals surface area contributed by atoms with Gasteiger partial charge < -0.3 is 15.5 Å². The van der Waals surface area contributed by atoms with E-state index in [-0.39, 0.29) is 5.91 Å². The number of carbonyl (C=O) groups is 1. The van der Waals surface area contributed by atoms with Crippen LogP contribution in [0.5, 0.6) is 0 Å². The van der Waals surface area contributed by atoms with E-state index in [1.54, 1.807) is 0 Å². The predicted molar refractivity (Wildman–Crippen MR) is 73.5 cm³/mol. The molecular weight excluding hydrogens is 226 g/mol. The second kappa shape index (κ2) is 6.53. The molecule has 4 heteroatoms. The molecule has 2 N–H and O–H groups in total. The third kappa shape index (κ3) is 4.25. The van der Waals surface area contributed by atoms with Crippen LogP contribution in [0, 0.1) is 5.92 Å². The van der Waals surface area contributed by atoms with E-state index in [0.29, 0.717) is 18.0 Å². The molecule has 0 aromatic rings. The largest absolute Gasteiger partial charge is 0.355 e. The fraction of sp³-hybridized carbons (Fsp3) is 0.929. The van der Waals surface area contributed by atoms with E-state index in [9.17, 15) is 4.79 Å². The van der Waals surface area contributed by atoms with E-state index in [1.165, 1.54) is 25.9 Å². The summed E-state index contributed by atoms with van der Waals surface area (Å²) >= 11 is 0. The summed E-state index contributed by atoms with van der Waals surface area (Å²) in [4.78, 5) is 14.0. The lowest BCUT2D eigenvalue weighted by Crippen LogP contribution is -2.46. The van der Waals surface area contributed by atoms with Crippen molar-refractivity contribution in [2.45, 2.75) is 51.6 Å². The Labute approximate surface area is 110 Å². The first-order valence-corrected chi connectivity index (χ1v) is 7.42. The lowest BCUT2D eigenvalue weighted by Gasteiger charge is -2.35. The molecule has 0 radical (unpaired) electrons. The number of hydrogen-bond acceptors (Lipinski definition) is 3. The molecule has 1 saturated carbocycles. The Morgan fingerprint density at radius 2 is 1.83 bits per heavy atom. The highest BCUT2D eigenvalue weighted by Gasteiger charge is 2.29. The Balaban J connectivity index is 1.51. The van der Waals surface area contributed by atoms with E-state index in [1.807, 2.05) is 0 Å². The molecule has 0 bridgehead atoms. The van der Waals surface area contributed by atoms with Gasteiger partial charge in [-0.1, -0.05) is 0 Å². The quantitative estimate of drug-likeness (QED) is 0.694. The molecule has 1 aliphatic heterocycles. The maximum atomic E-state index is 11.4. The first-order valence-electron chi connectivity index (χ1n) is 7.42. The number of rotatable bonds is 6. The van der Waals surface area contributed by atoms with Gasteiger partial charge in [0, 0.05) is 31.1 Å². The highest BCUT2D eigenvalue weighted by Crippen LogP contribution is 2.28. The van der Waals surface area contributed by atoms with Crippen LogP contribution in [0.25, 0.3) is 0 Å². The Kier molecular flexibility index (Phi) is 5.01. The smallest absolute Gasteiger partial charge is 0.223 e. The summed E-state index contributed by atoms with van der Waals surface area (Å²) in [5.41, 5.74) is 0. The second-order valence-electron chi connectivity index (χ2n) is 5.92. The Morgan fingerprint density at radius 3 is 2.39 bits per heavy atom. The molecule has 2 fully saturated rings. The zero-order valence-corrected chi connectivity index (χ0v) is 11.7. The summed E-state index contributed by atoms with van der Waals surface area (Å²) in [7, 11) is 0. The summed E-state index contributed by atoms with van der Waals surface area (Å²) in [6.45, 7) is 8.61. The van der Waals surface area contributed by atoms with E-state index >= 15 is 0 Å². The fourth-order valence-corrected chi connectivity index (χ4v) is 2.57. The van der Waals surface area contributed by atoms with E-state index < -0.39 is 0 Å². The van der Waals surface area contributed by atoms with Crippen LogP contribution in [0.2, 0.25) is 0 Å². The molecule has 0 spiro atoms. The van der Waals surface area contributed by atoms with Gasteiger partial charge in [0.25, 0.3) is 0 Å². The first-order chi connectivity index (χ1) is 8.66. The highest BCUT2D eigenvalue weighted by molar-refractivity contribution is 5.80. The molecule has 0 atom stereocenters. The minimum atomic E-state index is 0.256. The summed E-state index contributed by atoms with van der Waals surface area (Å²) in [5.74, 6) is 0.589. The van der Waals surface area contributed by atoms with Gasteiger partial charge in [-0.25, -0.2) is 0 Å². The SMILES string of the molecule is CC(C)N1CCC(NCCNC(=O)C2CC2)CC1. The normalized spacial score (nSPS) is 22.4. The molecule has 1 aliphatic carbocycles. The van der Waals surface area contributed by atoms with Crippen molar-refractivity contribution >= 4 is 5.91 Å². The monoisotopic (exact) mass is 253 g/mol. The number of carbonyl (C=O) groups excluding carboxylic acids is 1. The average Bonchev–Trinajstić information content (AvgIpc) is 3.19. The Bertz CT molecular complexity index is 268. The van der Waals surface area contributed by atoms with Crippen molar-refractivity contribution in [3.8, 4) is 0 Å². The van der Waals surface area contributed by atoms with Crippen LogP contribution < -0.4 is 10.6 Å². The topological polar surface area (TPSA) is 44.4 Å². The molecule has 4 nitrogen and oxygen atoms in total. The molecule has 1 heterocycles. The van der Waals surface area contributed by atoms with Gasteiger partial charge in [-0.2, -0.15) is 0 Å². The van der Waals surface area contributed by atoms with Crippen molar-refractivity contribution in [3.05, 3.63) is 0 Å². The van der Waals surface area contributed by atoms with Gasteiger partial charge in [-0.05, 0) is 52.6 Å². The predicted octanol–water partition coefficient (Wildman–Crippen LogP) is 0.975. The molecule has 2 rings (SSSR count). The fourth-order valence-electron chi connectivity index (χ4n) is 2.57. The van der Waals surface area contributed by atoms with Crippen molar-refractivity contribution in [1.82, 2.24) is 15.5 Å². The maximum Gasteiger partial charge on any atom is 0.223 e. The zero-order chi connectivity index (χ0) is 13.0. The molecule has 2 aliphatic rings. The summed E-state index contributed by atoms with van der Waals surface area (Å²) in [5, 5.41) is 6.55. The number of hydrogen-bond donors (Lipinski definition) is 2. The van der Waals surface area contributed by atoms with E-state index in [0.717, 1.165) is 25.9 Å². The van der Waals surface area contributed by atoms with Crippen LogP contribution in [-0.2, 0) is 4.79 Å². The molecule has 0 aromatic carbocycles. The average molecular weight is 253 g/mol. The molecule has 18 heavy (non-hydrogen) atoms. The van der Waals surface area contributed by atoms with Gasteiger partial charge in [0.1, 0.15) is 0 Å². The van der Waals surface area contributed by atoms with Gasteiger partial charge in [0.2, 0.25) is 5.91 Å². The van der Waals surface area contributed by atoms with Gasteiger partial charge in [0.15, 0.2) is 0 Å². The molecule has 1 saturated heterocycles. The van der Waals surface area contributed by atoms with Crippen molar-refractivity contribution in [2.75, 3.05) is 26.2 Å². The van der Waals surface area contributed by atoms with Crippen LogP contribution in [0.15, 0.2) is 0 Å². The number of nitrogens with zero attached hydrogens (tertiary/aromatic N) is 1. The van der Waals surface area contributed by atoms with Crippen LogP contribution in [-0.4, -0.2) is 49.1 Å². The van der Waals surface area contributed by atoms with Gasteiger partial charge in [-0.15, -0.1) is 0 Å². The number of likely N-dealkylation sites (tertiary alicyclic amines) is 1. The standard InChI is InChI=1S/C14H27N3O/c1-11(2)17-9-5-13(6-10-17)15-7-8-16-14(18)12-3-4-12/h11-13,15H,3-10H2,1-2H3,(H,16,18). The van der Waals surface area contributed by atoms with Crippen molar-refractivity contribution in [3.63, 3.8) is 0 Å². The van der Waals surface area contributed by atoms with Crippen LogP contribution in [0.1, 0.15) is 39.5 Å². The minimum absolute atomic E-state index is 0.256. The second-order valence-corrected chi connectivity index (χ2v) is 5.92. The van der Waals surface area contributed by atoms with Gasteiger partial charge >= 0.3 is 0 Å². The van der Waals surface area contributed by atoms with E-state index in [2.05, 4.69) is 29.4 Å². The Hall–Kier alpha value is -0.610. The first kappa shape index (κ1) is 13.8. The Morgan fingerprint density at radius 1 is 1.17 bits per heavy atom. The molecular formula is C14H27N3O. The lowest BCUT2D eigenvalue weighted by atomic mass is 10.0. The van der Waals surface area contributed by atoms with Crippen molar-refractivity contribution in [2.24, 2.45) is 5.92 Å². The highest BCUT2D eigenvalue weighted by atomic mass is 16.2. The number of amides is 1. The number of piperidine rings is 1. The van der Waals surface area contributed by atoms with Crippen molar-refractivity contribution in [1.29, 1.82) is 0 Å². The summed E-state index contributed by atoms with van der Waals surface area (Å²) in [6.07, 6.45) is 4.64. The van der Waals surface area contributed by atoms with Crippen molar-refractivity contribution < 1.29 is 4.79 Å². The van der Waals surface area contributed by atoms with Crippen LogP contribution in [0.3, 0.4) is 0 Å². The minimum Gasteiger partial charge on any atom is -0.355 e. The molecule has 104 valence electrons. The van der Waals surface area contributed by atoms with Gasteiger partial charge in [0.05, 0.1) is 0 Å². The molecule has 0 unspecified atom stereocenters. The summed E-state index contributed by atoms with van der Waals surface area (Å²) < 4.78 is 0. The lowest BCUT2D eigenvalue weighted by molar-refractivity contribution is -0.122. The molecule has 0 aromatic heterocycles. The van der Waals surface area contributed by atoms with E-state index in [4.69, 9.17) is 0 Å². The number of nitrogens with one attached hydrogen (secondary N) is 2. The molecule has 1 amide bonds. The third-order valence-corrected chi connectivity index (χ3v) is 4.07. The van der Waals surface area contributed by atoms with Gasteiger partial charge in [-0.3, -0.25) is 4.79 Å². The third-order valence-electron chi connectivity index (χ3n) is 4.07.